The predicted octanol–water partition coefficient (Wildman–Crippen LogP) is 1.02. The number of hydrogen-bond donors (Lipinski definition) is 2. The lowest BCUT2D eigenvalue weighted by Crippen LogP contribution is -2.32. The van der Waals surface area contributed by atoms with Crippen molar-refractivity contribution >= 4 is 17.7 Å². The Bertz CT molecular complexity index is 179. The van der Waals surface area contributed by atoms with Gasteiger partial charge in [-0.15, -0.1) is 0 Å². The summed E-state index contributed by atoms with van der Waals surface area (Å²) in [5.41, 5.74) is 0. The van der Waals surface area contributed by atoms with Crippen LogP contribution >= 0.6 is 11.8 Å². The number of thioether (sulfide) groups is 1. The molecule has 2 N–H and O–H groups in total. The number of nitrogens with one attached hydrogen (secondary N) is 1. The summed E-state index contributed by atoms with van der Waals surface area (Å²) >= 11 is 1.97. The fourth-order valence-electron chi connectivity index (χ4n) is 1.55. The maximum absolute atomic E-state index is 11.4. The van der Waals surface area contributed by atoms with Gasteiger partial charge in [-0.25, -0.2) is 0 Å². The molecule has 82 valence electrons. The second kappa shape index (κ2) is 6.30. The highest BCUT2D eigenvalue weighted by Crippen LogP contribution is 2.24. The van der Waals surface area contributed by atoms with Gasteiger partial charge in [0.1, 0.15) is 0 Å². The van der Waals surface area contributed by atoms with Crippen molar-refractivity contribution in [2.24, 2.45) is 5.92 Å². The molecule has 1 rings (SSSR count). The average Bonchev–Trinajstić information content (AvgIpc) is 2.16. The van der Waals surface area contributed by atoms with E-state index in [4.69, 9.17) is 5.11 Å². The van der Waals surface area contributed by atoms with Crippen LogP contribution in [0.15, 0.2) is 0 Å². The van der Waals surface area contributed by atoms with E-state index in [1.54, 1.807) is 6.92 Å². The van der Waals surface area contributed by atoms with Crippen LogP contribution in [-0.2, 0) is 4.79 Å². The molecule has 0 aromatic rings. The lowest BCUT2D eigenvalue weighted by Gasteiger charge is -2.20. The number of aliphatic hydroxyl groups is 1. The third-order valence-corrected chi connectivity index (χ3v) is 3.46. The molecule has 4 heteroatoms. The zero-order valence-electron chi connectivity index (χ0n) is 8.66. The maximum Gasteiger partial charge on any atom is 0.220 e. The second-order valence-electron chi connectivity index (χ2n) is 3.91. The van der Waals surface area contributed by atoms with E-state index in [9.17, 15) is 4.79 Å². The first-order valence-electron chi connectivity index (χ1n) is 5.21. The van der Waals surface area contributed by atoms with Crippen LogP contribution in [0.25, 0.3) is 0 Å². The zero-order valence-corrected chi connectivity index (χ0v) is 9.48. The first-order chi connectivity index (χ1) is 6.68. The van der Waals surface area contributed by atoms with Gasteiger partial charge in [0.2, 0.25) is 5.91 Å². The van der Waals surface area contributed by atoms with E-state index in [1.165, 1.54) is 11.5 Å². The summed E-state index contributed by atoms with van der Waals surface area (Å²) in [5, 5.41) is 11.7. The van der Waals surface area contributed by atoms with Crippen LogP contribution in [-0.4, -0.2) is 35.2 Å². The third-order valence-electron chi connectivity index (χ3n) is 2.41. The summed E-state index contributed by atoms with van der Waals surface area (Å²) in [7, 11) is 0. The average molecular weight is 217 g/mol. The van der Waals surface area contributed by atoms with Gasteiger partial charge in [0.15, 0.2) is 0 Å². The molecule has 1 heterocycles. The molecule has 1 unspecified atom stereocenters. The highest BCUT2D eigenvalue weighted by Gasteiger charge is 2.17. The van der Waals surface area contributed by atoms with E-state index in [0.717, 1.165) is 12.8 Å². The van der Waals surface area contributed by atoms with E-state index in [0.29, 0.717) is 18.9 Å². The monoisotopic (exact) mass is 217 g/mol. The van der Waals surface area contributed by atoms with Gasteiger partial charge in [0.05, 0.1) is 6.10 Å². The van der Waals surface area contributed by atoms with Crippen molar-refractivity contribution in [3.8, 4) is 0 Å². The van der Waals surface area contributed by atoms with Crippen molar-refractivity contribution in [2.75, 3.05) is 18.1 Å². The lowest BCUT2D eigenvalue weighted by atomic mass is 9.98. The zero-order chi connectivity index (χ0) is 10.4. The van der Waals surface area contributed by atoms with Crippen molar-refractivity contribution in [2.45, 2.75) is 32.3 Å². The van der Waals surface area contributed by atoms with Crippen LogP contribution < -0.4 is 5.32 Å². The molecule has 0 bridgehead atoms. The van der Waals surface area contributed by atoms with Gasteiger partial charge in [0, 0.05) is 13.0 Å². The minimum Gasteiger partial charge on any atom is -0.392 e. The number of carbonyl (C=O) groups is 1. The number of hydrogen-bond acceptors (Lipinski definition) is 3. The van der Waals surface area contributed by atoms with Crippen molar-refractivity contribution in [3.05, 3.63) is 0 Å². The van der Waals surface area contributed by atoms with Crippen LogP contribution in [0.4, 0.5) is 0 Å². The van der Waals surface area contributed by atoms with Gasteiger partial charge in [-0.1, -0.05) is 0 Å². The van der Waals surface area contributed by atoms with Crippen molar-refractivity contribution in [1.29, 1.82) is 0 Å². The molecule has 1 fully saturated rings. The molecular formula is C10H19NO2S. The number of carbonyl (C=O) groups excluding carboxylic acids is 1. The van der Waals surface area contributed by atoms with Crippen LogP contribution in [0.5, 0.6) is 0 Å². The predicted molar refractivity (Wildman–Crippen MR) is 59.4 cm³/mol. The summed E-state index contributed by atoms with van der Waals surface area (Å²) in [6.45, 7) is 2.05. The molecule has 1 aliphatic rings. The molecule has 14 heavy (non-hydrogen) atoms. The molecule has 3 nitrogen and oxygen atoms in total. The van der Waals surface area contributed by atoms with E-state index in [2.05, 4.69) is 5.32 Å². The van der Waals surface area contributed by atoms with E-state index >= 15 is 0 Å². The summed E-state index contributed by atoms with van der Waals surface area (Å²) < 4.78 is 0. The molecule has 1 aliphatic heterocycles. The Labute approximate surface area is 89.6 Å². The minimum absolute atomic E-state index is 0.0859. The van der Waals surface area contributed by atoms with Crippen LogP contribution in [0, 0.1) is 5.92 Å². The maximum atomic E-state index is 11.4. The van der Waals surface area contributed by atoms with Crippen LogP contribution in [0.3, 0.4) is 0 Å². The highest BCUT2D eigenvalue weighted by atomic mass is 32.2. The minimum atomic E-state index is -0.444. The normalized spacial score (nSPS) is 20.4. The highest BCUT2D eigenvalue weighted by molar-refractivity contribution is 7.99. The van der Waals surface area contributed by atoms with Crippen molar-refractivity contribution in [3.63, 3.8) is 0 Å². The fourth-order valence-corrected chi connectivity index (χ4v) is 2.75. The molecule has 0 radical (unpaired) electrons. The topological polar surface area (TPSA) is 49.3 Å². The molecule has 0 spiro atoms. The number of amides is 1. The van der Waals surface area contributed by atoms with E-state index in [-0.39, 0.29) is 5.91 Å². The SMILES string of the molecule is CC(O)CNC(=O)CC1CCSCC1. The Morgan fingerprint density at radius 2 is 2.21 bits per heavy atom. The Balaban J connectivity index is 2.12. The second-order valence-corrected chi connectivity index (χ2v) is 5.14. The molecule has 0 aliphatic carbocycles. The Morgan fingerprint density at radius 1 is 1.57 bits per heavy atom. The van der Waals surface area contributed by atoms with Gasteiger partial charge >= 0.3 is 0 Å². The summed E-state index contributed by atoms with van der Waals surface area (Å²) in [5.74, 6) is 3.02. The largest absolute Gasteiger partial charge is 0.392 e. The molecular weight excluding hydrogens is 198 g/mol. The Kier molecular flexibility index (Phi) is 5.33. The van der Waals surface area contributed by atoms with Gasteiger partial charge in [-0.05, 0) is 37.2 Å². The van der Waals surface area contributed by atoms with Gasteiger partial charge < -0.3 is 10.4 Å². The first kappa shape index (κ1) is 11.9. The molecule has 1 amide bonds. The number of rotatable bonds is 4. The summed E-state index contributed by atoms with van der Waals surface area (Å²) in [6.07, 6.45) is 2.51. The number of aliphatic hydroxyl groups excluding tert-OH is 1. The lowest BCUT2D eigenvalue weighted by molar-refractivity contribution is -0.122. The quantitative estimate of drug-likeness (QED) is 0.739. The Morgan fingerprint density at radius 3 is 2.79 bits per heavy atom. The third kappa shape index (κ3) is 4.86. The summed E-state index contributed by atoms with van der Waals surface area (Å²) in [4.78, 5) is 11.4. The van der Waals surface area contributed by atoms with Crippen LogP contribution in [0.1, 0.15) is 26.2 Å². The van der Waals surface area contributed by atoms with Gasteiger partial charge in [0.25, 0.3) is 0 Å². The molecule has 0 saturated carbocycles. The van der Waals surface area contributed by atoms with Gasteiger partial charge in [-0.3, -0.25) is 4.79 Å². The molecule has 0 aromatic heterocycles. The molecule has 1 atom stereocenters. The van der Waals surface area contributed by atoms with Crippen LogP contribution in [0.2, 0.25) is 0 Å². The van der Waals surface area contributed by atoms with E-state index < -0.39 is 6.10 Å². The Hall–Kier alpha value is -0.220. The molecule has 0 aromatic carbocycles. The fraction of sp³-hybridized carbons (Fsp3) is 0.900. The van der Waals surface area contributed by atoms with Crippen molar-refractivity contribution in [1.82, 2.24) is 5.32 Å². The first-order valence-corrected chi connectivity index (χ1v) is 6.36. The van der Waals surface area contributed by atoms with Gasteiger partial charge in [-0.2, -0.15) is 11.8 Å². The van der Waals surface area contributed by atoms with E-state index in [1.807, 2.05) is 11.8 Å². The molecule has 1 saturated heterocycles. The standard InChI is InChI=1S/C10H19NO2S/c1-8(12)7-11-10(13)6-9-2-4-14-5-3-9/h8-9,12H,2-7H2,1H3,(H,11,13). The smallest absolute Gasteiger partial charge is 0.220 e. The van der Waals surface area contributed by atoms with Crippen molar-refractivity contribution < 1.29 is 9.90 Å². The summed E-state index contributed by atoms with van der Waals surface area (Å²) in [6, 6.07) is 0.